The summed E-state index contributed by atoms with van der Waals surface area (Å²) in [5.74, 6) is -0.0742. The molecule has 0 heterocycles. The van der Waals surface area contributed by atoms with Crippen molar-refractivity contribution < 1.29 is 13.2 Å². The van der Waals surface area contributed by atoms with Gasteiger partial charge in [0.1, 0.15) is 6.54 Å². The van der Waals surface area contributed by atoms with E-state index in [0.29, 0.717) is 6.54 Å². The maximum Gasteiger partial charge on any atom is 0.408 e. The van der Waals surface area contributed by atoms with Crippen LogP contribution in [0.25, 0.3) is 0 Å². The second-order valence-electron chi connectivity index (χ2n) is 1.94. The molecule has 0 aromatic carbocycles. The second-order valence-corrected chi connectivity index (χ2v) is 1.94. The quantitative estimate of drug-likeness (QED) is 0.504. The Labute approximate surface area is 68.4 Å². The molecule has 0 saturated heterocycles. The summed E-state index contributed by atoms with van der Waals surface area (Å²) in [6, 6.07) is 0. The Kier molecular flexibility index (Phi) is 4.31. The van der Waals surface area contributed by atoms with Gasteiger partial charge in [0, 0.05) is 6.54 Å². The van der Waals surface area contributed by atoms with Gasteiger partial charge in [0.05, 0.1) is 0 Å². The zero-order valence-electron chi connectivity index (χ0n) is 6.65. The minimum absolute atomic E-state index is 0.0742. The van der Waals surface area contributed by atoms with Crippen molar-refractivity contribution in [2.45, 2.75) is 13.1 Å². The van der Waals surface area contributed by atoms with Gasteiger partial charge in [-0.05, 0) is 13.6 Å². The molecule has 0 aliphatic rings. The van der Waals surface area contributed by atoms with E-state index in [-0.39, 0.29) is 5.96 Å². The van der Waals surface area contributed by atoms with Crippen LogP contribution in [0.5, 0.6) is 0 Å². The van der Waals surface area contributed by atoms with E-state index in [1.807, 2.05) is 0 Å². The third-order valence-electron chi connectivity index (χ3n) is 0.893. The van der Waals surface area contributed by atoms with Gasteiger partial charge in [-0.1, -0.05) is 0 Å². The van der Waals surface area contributed by atoms with Crippen LogP contribution >= 0.6 is 0 Å². The summed E-state index contributed by atoms with van der Waals surface area (Å²) in [5.41, 5.74) is 0. The Bertz CT molecular complexity index is 173. The second kappa shape index (κ2) is 4.74. The smallest absolute Gasteiger partial charge is 0.355 e. The number of rotatable bonds is 2. The van der Waals surface area contributed by atoms with Gasteiger partial charge in [-0.15, -0.1) is 0 Å². The molecule has 1 N–H and O–H groups in total. The van der Waals surface area contributed by atoms with Gasteiger partial charge in [-0.3, -0.25) is 0 Å². The van der Waals surface area contributed by atoms with E-state index in [2.05, 4.69) is 22.0 Å². The topological polar surface area (TPSA) is 36.8 Å². The van der Waals surface area contributed by atoms with E-state index in [9.17, 15) is 13.2 Å². The number of nitrogens with one attached hydrogen (secondary N) is 1. The van der Waals surface area contributed by atoms with E-state index in [0.717, 1.165) is 0 Å². The first kappa shape index (κ1) is 10.9. The molecule has 0 radical (unpaired) electrons. The van der Waals surface area contributed by atoms with Crippen LogP contribution < -0.4 is 5.32 Å². The van der Waals surface area contributed by atoms with Crippen molar-refractivity contribution in [3.05, 3.63) is 0 Å². The van der Waals surface area contributed by atoms with Crippen LogP contribution in [0.1, 0.15) is 6.92 Å². The molecule has 12 heavy (non-hydrogen) atoms. The summed E-state index contributed by atoms with van der Waals surface area (Å²) < 4.78 is 34.8. The zero-order chi connectivity index (χ0) is 9.61. The number of guanidine groups is 1. The SMILES string of the molecule is C=NC(=NCC(F)(F)F)NCC. The summed E-state index contributed by atoms with van der Waals surface area (Å²) in [7, 11) is 0. The Morgan fingerprint density at radius 2 is 2.08 bits per heavy atom. The lowest BCUT2D eigenvalue weighted by Gasteiger charge is -2.03. The summed E-state index contributed by atoms with van der Waals surface area (Å²) in [4.78, 5) is 6.42. The Balaban J connectivity index is 4.02. The Morgan fingerprint density at radius 1 is 1.50 bits per heavy atom. The lowest BCUT2D eigenvalue weighted by Crippen LogP contribution is -2.23. The molecule has 0 atom stereocenters. The van der Waals surface area contributed by atoms with Gasteiger partial charge >= 0.3 is 6.18 Å². The molecule has 0 aliphatic heterocycles. The minimum Gasteiger partial charge on any atom is -0.355 e. The fourth-order valence-electron chi connectivity index (χ4n) is 0.484. The number of hydrogen-bond acceptors (Lipinski definition) is 1. The highest BCUT2D eigenvalue weighted by molar-refractivity contribution is 5.83. The molecule has 0 spiro atoms. The lowest BCUT2D eigenvalue weighted by molar-refractivity contribution is -0.118. The van der Waals surface area contributed by atoms with Crippen LogP contribution in [0.4, 0.5) is 13.2 Å². The first-order chi connectivity index (χ1) is 5.49. The van der Waals surface area contributed by atoms with E-state index in [4.69, 9.17) is 0 Å². The van der Waals surface area contributed by atoms with Gasteiger partial charge < -0.3 is 5.32 Å². The maximum absolute atomic E-state index is 11.6. The van der Waals surface area contributed by atoms with Crippen molar-refractivity contribution in [1.29, 1.82) is 0 Å². The lowest BCUT2D eigenvalue weighted by atomic mass is 10.6. The van der Waals surface area contributed by atoms with Crippen LogP contribution in [0.2, 0.25) is 0 Å². The average molecular weight is 181 g/mol. The number of hydrogen-bond donors (Lipinski definition) is 1. The molecule has 0 rings (SSSR count). The number of aliphatic imine (C=N–C) groups is 2. The predicted octanol–water partition coefficient (Wildman–Crippen LogP) is 1.21. The zero-order valence-corrected chi connectivity index (χ0v) is 6.65. The Morgan fingerprint density at radius 3 is 2.42 bits per heavy atom. The van der Waals surface area contributed by atoms with Gasteiger partial charge in [0.25, 0.3) is 0 Å². The number of nitrogens with zero attached hydrogens (tertiary/aromatic N) is 2. The monoisotopic (exact) mass is 181 g/mol. The van der Waals surface area contributed by atoms with Gasteiger partial charge in [-0.2, -0.15) is 13.2 Å². The highest BCUT2D eigenvalue weighted by atomic mass is 19.4. The normalized spacial score (nSPS) is 12.8. The first-order valence-corrected chi connectivity index (χ1v) is 3.31. The summed E-state index contributed by atoms with van der Waals surface area (Å²) >= 11 is 0. The predicted molar refractivity (Wildman–Crippen MR) is 41.6 cm³/mol. The summed E-state index contributed by atoms with van der Waals surface area (Å²) in [6.45, 7) is 4.04. The maximum atomic E-state index is 11.6. The van der Waals surface area contributed by atoms with Crippen LogP contribution in [0, 0.1) is 0 Å². The molecule has 0 aromatic rings. The molecule has 6 heteroatoms. The summed E-state index contributed by atoms with van der Waals surface area (Å²) in [5, 5.41) is 2.53. The third-order valence-corrected chi connectivity index (χ3v) is 0.893. The fourth-order valence-corrected chi connectivity index (χ4v) is 0.484. The minimum atomic E-state index is -4.29. The van der Waals surface area contributed by atoms with Crippen molar-refractivity contribution in [2.75, 3.05) is 13.1 Å². The van der Waals surface area contributed by atoms with Crippen molar-refractivity contribution in [1.82, 2.24) is 5.32 Å². The van der Waals surface area contributed by atoms with Gasteiger partial charge in [0.15, 0.2) is 0 Å². The largest absolute Gasteiger partial charge is 0.408 e. The van der Waals surface area contributed by atoms with E-state index in [1.165, 1.54) is 0 Å². The standard InChI is InChI=1S/C6H10F3N3/c1-3-11-5(10-2)12-4-6(7,8)9/h2-4H2,1H3,(H,11,12). The van der Waals surface area contributed by atoms with Gasteiger partial charge in [0.2, 0.25) is 5.96 Å². The molecule has 0 fully saturated rings. The van der Waals surface area contributed by atoms with Crippen LogP contribution in [-0.2, 0) is 0 Å². The van der Waals surface area contributed by atoms with E-state index in [1.54, 1.807) is 6.92 Å². The Hall–Kier alpha value is -1.07. The third kappa shape index (κ3) is 5.70. The number of halogens is 3. The van der Waals surface area contributed by atoms with Crippen molar-refractivity contribution in [2.24, 2.45) is 9.98 Å². The molecule has 3 nitrogen and oxygen atoms in total. The van der Waals surface area contributed by atoms with Gasteiger partial charge in [-0.25, -0.2) is 9.98 Å². The fraction of sp³-hybridized carbons (Fsp3) is 0.667. The van der Waals surface area contributed by atoms with E-state index >= 15 is 0 Å². The first-order valence-electron chi connectivity index (χ1n) is 3.31. The molecule has 70 valence electrons. The summed E-state index contributed by atoms with van der Waals surface area (Å²) in [6.07, 6.45) is -4.29. The molecular weight excluding hydrogens is 171 g/mol. The van der Waals surface area contributed by atoms with Crippen LogP contribution in [0.15, 0.2) is 9.98 Å². The van der Waals surface area contributed by atoms with Crippen molar-refractivity contribution >= 4 is 12.7 Å². The highest BCUT2D eigenvalue weighted by Crippen LogP contribution is 2.14. The number of alkyl halides is 3. The molecule has 0 aliphatic carbocycles. The van der Waals surface area contributed by atoms with Crippen LogP contribution in [-0.4, -0.2) is 31.9 Å². The van der Waals surface area contributed by atoms with Crippen molar-refractivity contribution in [3.8, 4) is 0 Å². The van der Waals surface area contributed by atoms with Crippen LogP contribution in [0.3, 0.4) is 0 Å². The highest BCUT2D eigenvalue weighted by Gasteiger charge is 2.26. The molecular formula is C6H10F3N3. The molecule has 0 unspecified atom stereocenters. The molecule has 0 saturated carbocycles. The van der Waals surface area contributed by atoms with Crippen molar-refractivity contribution in [3.63, 3.8) is 0 Å². The molecule has 0 amide bonds. The van der Waals surface area contributed by atoms with E-state index < -0.39 is 12.7 Å². The molecule has 0 aromatic heterocycles. The average Bonchev–Trinajstić information content (AvgIpc) is 1.96. The molecule has 0 bridgehead atoms.